The predicted molar refractivity (Wildman–Crippen MR) is 91.6 cm³/mol. The molecule has 1 aromatic carbocycles. The van der Waals surface area contributed by atoms with Gasteiger partial charge in [0.25, 0.3) is 11.8 Å². The molecule has 132 valence electrons. The zero-order valence-electron chi connectivity index (χ0n) is 15.0. The number of carbonyl (C=O) groups is 3. The summed E-state index contributed by atoms with van der Waals surface area (Å²) in [4.78, 5) is 37.4. The van der Waals surface area contributed by atoms with Crippen LogP contribution in [-0.2, 0) is 14.3 Å². The van der Waals surface area contributed by atoms with Crippen molar-refractivity contribution < 1.29 is 19.1 Å². The summed E-state index contributed by atoms with van der Waals surface area (Å²) in [6.07, 6.45) is 0. The smallest absolute Gasteiger partial charge is 0.325 e. The normalized spacial score (nSPS) is 10.6. The third-order valence-electron chi connectivity index (χ3n) is 3.43. The summed E-state index contributed by atoms with van der Waals surface area (Å²) in [5, 5.41) is 2.49. The molecule has 1 rings (SSSR count). The molecule has 0 aliphatic rings. The van der Waals surface area contributed by atoms with Crippen LogP contribution in [0.25, 0.3) is 0 Å². The Morgan fingerprint density at radius 2 is 1.75 bits per heavy atom. The van der Waals surface area contributed by atoms with Crippen LogP contribution >= 0.6 is 0 Å². The average Bonchev–Trinajstić information content (AvgIpc) is 2.49. The first kappa shape index (κ1) is 19.7. The number of hydrogen-bond acceptors (Lipinski definition) is 4. The molecule has 2 amide bonds. The highest BCUT2D eigenvalue weighted by molar-refractivity contribution is 5.96. The molecular formula is C18H26N2O4. The van der Waals surface area contributed by atoms with Crippen molar-refractivity contribution in [3.05, 3.63) is 35.4 Å². The number of benzene rings is 1. The number of carbonyl (C=O) groups excluding carboxylic acids is 3. The van der Waals surface area contributed by atoms with Crippen molar-refractivity contribution in [2.45, 2.75) is 46.7 Å². The topological polar surface area (TPSA) is 75.7 Å². The minimum absolute atomic E-state index is 0.0252. The van der Waals surface area contributed by atoms with Crippen LogP contribution in [0.3, 0.4) is 0 Å². The summed E-state index contributed by atoms with van der Waals surface area (Å²) in [5.41, 5.74) is 1.43. The molecule has 0 unspecified atom stereocenters. The standard InChI is InChI=1S/C18H26N2O4/c1-12(2)20(13(3)4)16(21)11-24-17(22)10-19-18(23)15-8-6-7-14(5)9-15/h6-9,12-13H,10-11H2,1-5H3,(H,19,23). The molecular weight excluding hydrogens is 308 g/mol. The quantitative estimate of drug-likeness (QED) is 0.773. The predicted octanol–water partition coefficient (Wildman–Crippen LogP) is 1.91. The Balaban J connectivity index is 2.44. The number of esters is 1. The van der Waals surface area contributed by atoms with E-state index < -0.39 is 5.97 Å². The maximum absolute atomic E-state index is 12.1. The van der Waals surface area contributed by atoms with Crippen LogP contribution in [0.15, 0.2) is 24.3 Å². The second-order valence-electron chi connectivity index (χ2n) is 6.20. The Labute approximate surface area is 143 Å². The van der Waals surface area contributed by atoms with Crippen LogP contribution in [0.4, 0.5) is 0 Å². The van der Waals surface area contributed by atoms with Crippen LogP contribution < -0.4 is 5.32 Å². The molecule has 6 heteroatoms. The van der Waals surface area contributed by atoms with E-state index in [1.165, 1.54) is 0 Å². The summed E-state index contributed by atoms with van der Waals surface area (Å²) in [6, 6.07) is 7.10. The number of nitrogens with one attached hydrogen (secondary N) is 1. The van der Waals surface area contributed by atoms with Crippen molar-refractivity contribution in [3.63, 3.8) is 0 Å². The fourth-order valence-corrected chi connectivity index (χ4v) is 2.48. The molecule has 24 heavy (non-hydrogen) atoms. The molecule has 0 heterocycles. The molecule has 0 saturated heterocycles. The van der Waals surface area contributed by atoms with E-state index in [0.29, 0.717) is 5.56 Å². The summed E-state index contributed by atoms with van der Waals surface area (Å²) < 4.78 is 4.95. The SMILES string of the molecule is Cc1cccc(C(=O)NCC(=O)OCC(=O)N(C(C)C)C(C)C)c1. The van der Waals surface area contributed by atoms with Gasteiger partial charge in [-0.25, -0.2) is 0 Å². The highest BCUT2D eigenvalue weighted by atomic mass is 16.5. The Morgan fingerprint density at radius 1 is 1.12 bits per heavy atom. The van der Waals surface area contributed by atoms with Gasteiger partial charge in [-0.3, -0.25) is 14.4 Å². The van der Waals surface area contributed by atoms with Gasteiger partial charge in [0.1, 0.15) is 6.54 Å². The van der Waals surface area contributed by atoms with E-state index in [2.05, 4.69) is 5.32 Å². The molecule has 0 saturated carbocycles. The molecule has 6 nitrogen and oxygen atoms in total. The maximum atomic E-state index is 12.1. The van der Waals surface area contributed by atoms with Gasteiger partial charge in [0.15, 0.2) is 6.61 Å². The Kier molecular flexibility index (Phi) is 7.42. The zero-order valence-corrected chi connectivity index (χ0v) is 15.0. The van der Waals surface area contributed by atoms with Gasteiger partial charge in [-0.15, -0.1) is 0 Å². The zero-order chi connectivity index (χ0) is 18.3. The van der Waals surface area contributed by atoms with Gasteiger partial charge in [0.05, 0.1) is 0 Å². The van der Waals surface area contributed by atoms with Crippen molar-refractivity contribution in [2.24, 2.45) is 0 Å². The number of hydrogen-bond donors (Lipinski definition) is 1. The number of ether oxygens (including phenoxy) is 1. The minimum atomic E-state index is -0.642. The van der Waals surface area contributed by atoms with E-state index in [1.807, 2.05) is 40.7 Å². The van der Waals surface area contributed by atoms with Gasteiger partial charge >= 0.3 is 5.97 Å². The van der Waals surface area contributed by atoms with Gasteiger partial charge in [-0.2, -0.15) is 0 Å². The minimum Gasteiger partial charge on any atom is -0.454 e. The number of nitrogens with zero attached hydrogens (tertiary/aromatic N) is 1. The van der Waals surface area contributed by atoms with Crippen LogP contribution in [0.5, 0.6) is 0 Å². The molecule has 0 aromatic heterocycles. The van der Waals surface area contributed by atoms with Gasteiger partial charge in [0.2, 0.25) is 0 Å². The Bertz CT molecular complexity index is 588. The molecule has 0 atom stereocenters. The van der Waals surface area contributed by atoms with Crippen LogP contribution in [-0.4, -0.2) is 47.9 Å². The monoisotopic (exact) mass is 334 g/mol. The van der Waals surface area contributed by atoms with Crippen molar-refractivity contribution in [2.75, 3.05) is 13.2 Å². The largest absolute Gasteiger partial charge is 0.454 e. The van der Waals surface area contributed by atoms with Crippen LogP contribution in [0.1, 0.15) is 43.6 Å². The molecule has 0 radical (unpaired) electrons. The molecule has 1 aromatic rings. The van der Waals surface area contributed by atoms with E-state index in [4.69, 9.17) is 4.74 Å². The van der Waals surface area contributed by atoms with Crippen LogP contribution in [0.2, 0.25) is 0 Å². The van der Waals surface area contributed by atoms with Gasteiger partial charge < -0.3 is 15.0 Å². The lowest BCUT2D eigenvalue weighted by Gasteiger charge is -2.30. The van der Waals surface area contributed by atoms with Crippen molar-refractivity contribution in [1.29, 1.82) is 0 Å². The Hall–Kier alpha value is -2.37. The molecule has 0 fully saturated rings. The second kappa shape index (κ2) is 9.05. The molecule has 0 spiro atoms. The van der Waals surface area contributed by atoms with E-state index in [0.717, 1.165) is 5.56 Å². The molecule has 0 bridgehead atoms. The van der Waals surface area contributed by atoms with Crippen LogP contribution in [0, 0.1) is 6.92 Å². The summed E-state index contributed by atoms with van der Waals surface area (Å²) in [7, 11) is 0. The highest BCUT2D eigenvalue weighted by Crippen LogP contribution is 2.06. The molecule has 0 aliphatic carbocycles. The van der Waals surface area contributed by atoms with E-state index in [-0.39, 0.29) is 37.0 Å². The lowest BCUT2D eigenvalue weighted by molar-refractivity contribution is -0.152. The van der Waals surface area contributed by atoms with E-state index >= 15 is 0 Å². The fraction of sp³-hybridized carbons (Fsp3) is 0.500. The van der Waals surface area contributed by atoms with Gasteiger partial charge in [0, 0.05) is 17.6 Å². The van der Waals surface area contributed by atoms with E-state index in [1.54, 1.807) is 23.1 Å². The summed E-state index contributed by atoms with van der Waals surface area (Å²) in [5.74, 6) is -1.25. The third kappa shape index (κ3) is 6.02. The number of rotatable bonds is 7. The maximum Gasteiger partial charge on any atom is 0.325 e. The second-order valence-corrected chi connectivity index (χ2v) is 6.20. The van der Waals surface area contributed by atoms with Crippen molar-refractivity contribution >= 4 is 17.8 Å². The first-order valence-corrected chi connectivity index (χ1v) is 8.04. The van der Waals surface area contributed by atoms with Gasteiger partial charge in [-0.05, 0) is 46.8 Å². The third-order valence-corrected chi connectivity index (χ3v) is 3.43. The number of amides is 2. The van der Waals surface area contributed by atoms with Crippen molar-refractivity contribution in [3.8, 4) is 0 Å². The van der Waals surface area contributed by atoms with E-state index in [9.17, 15) is 14.4 Å². The molecule has 0 aliphatic heterocycles. The lowest BCUT2D eigenvalue weighted by atomic mass is 10.1. The Morgan fingerprint density at radius 3 is 2.29 bits per heavy atom. The highest BCUT2D eigenvalue weighted by Gasteiger charge is 2.21. The summed E-state index contributed by atoms with van der Waals surface area (Å²) in [6.45, 7) is 8.90. The first-order valence-electron chi connectivity index (χ1n) is 8.04. The van der Waals surface area contributed by atoms with Gasteiger partial charge in [-0.1, -0.05) is 17.7 Å². The molecule has 1 N–H and O–H groups in total. The summed E-state index contributed by atoms with van der Waals surface area (Å²) >= 11 is 0. The average molecular weight is 334 g/mol. The lowest BCUT2D eigenvalue weighted by Crippen LogP contribution is -2.44. The van der Waals surface area contributed by atoms with Crippen molar-refractivity contribution in [1.82, 2.24) is 10.2 Å². The first-order chi connectivity index (χ1) is 11.2. The fourth-order valence-electron chi connectivity index (χ4n) is 2.48. The number of aryl methyl sites for hydroxylation is 1.